The third-order valence-electron chi connectivity index (χ3n) is 4.08. The van der Waals surface area contributed by atoms with Crippen LogP contribution in [0.3, 0.4) is 0 Å². The van der Waals surface area contributed by atoms with Crippen molar-refractivity contribution < 1.29 is 13.5 Å². The molecule has 0 bridgehead atoms. The van der Waals surface area contributed by atoms with E-state index in [1.165, 1.54) is 6.07 Å². The van der Waals surface area contributed by atoms with Gasteiger partial charge in [-0.25, -0.2) is 13.1 Å². The van der Waals surface area contributed by atoms with Gasteiger partial charge in [-0.1, -0.05) is 6.42 Å². The molecule has 112 valence electrons. The van der Waals surface area contributed by atoms with Crippen LogP contribution < -0.4 is 10.5 Å². The molecule has 2 rings (SSSR count). The standard InChI is InChI=1S/C14H22N2O3S/c1-10-7-13(15)5-6-14(10)20(18,19)16-8-11-3-2-4-12(11)9-17/h5-7,11-12,16-17H,2-4,8-9,15H2,1H3. The summed E-state index contributed by atoms with van der Waals surface area (Å²) in [5.41, 5.74) is 6.83. The molecule has 0 amide bonds. The van der Waals surface area contributed by atoms with Crippen LogP contribution in [-0.4, -0.2) is 26.7 Å². The first-order valence-electron chi connectivity index (χ1n) is 6.90. The Bertz CT molecular complexity index is 572. The average molecular weight is 298 g/mol. The molecular formula is C14H22N2O3S. The maximum absolute atomic E-state index is 12.3. The molecule has 1 aliphatic carbocycles. The largest absolute Gasteiger partial charge is 0.399 e. The molecule has 1 aromatic rings. The zero-order chi connectivity index (χ0) is 14.8. The van der Waals surface area contributed by atoms with Crippen LogP contribution in [0.15, 0.2) is 23.1 Å². The molecule has 1 fully saturated rings. The molecule has 4 N–H and O–H groups in total. The molecule has 0 aromatic heterocycles. The SMILES string of the molecule is Cc1cc(N)ccc1S(=O)(=O)NCC1CCCC1CO. The van der Waals surface area contributed by atoms with E-state index in [4.69, 9.17) is 5.73 Å². The van der Waals surface area contributed by atoms with Crippen LogP contribution >= 0.6 is 0 Å². The Kier molecular flexibility index (Phi) is 4.67. The zero-order valence-electron chi connectivity index (χ0n) is 11.7. The van der Waals surface area contributed by atoms with E-state index >= 15 is 0 Å². The molecule has 0 saturated heterocycles. The number of anilines is 1. The number of nitrogens with one attached hydrogen (secondary N) is 1. The van der Waals surface area contributed by atoms with E-state index in [0.29, 0.717) is 17.8 Å². The maximum Gasteiger partial charge on any atom is 0.240 e. The van der Waals surface area contributed by atoms with Crippen LogP contribution in [0.5, 0.6) is 0 Å². The second kappa shape index (κ2) is 6.11. The highest BCUT2D eigenvalue weighted by Crippen LogP contribution is 2.31. The quantitative estimate of drug-likeness (QED) is 0.714. The van der Waals surface area contributed by atoms with E-state index in [1.807, 2.05) is 0 Å². The Hall–Kier alpha value is -1.11. The van der Waals surface area contributed by atoms with Crippen molar-refractivity contribution in [1.82, 2.24) is 4.72 Å². The van der Waals surface area contributed by atoms with Gasteiger partial charge in [0.05, 0.1) is 4.90 Å². The summed E-state index contributed by atoms with van der Waals surface area (Å²) in [6, 6.07) is 4.78. The topological polar surface area (TPSA) is 92.4 Å². The third-order valence-corrected chi connectivity index (χ3v) is 5.66. The first-order chi connectivity index (χ1) is 9.44. The van der Waals surface area contributed by atoms with Crippen molar-refractivity contribution >= 4 is 15.7 Å². The zero-order valence-corrected chi connectivity index (χ0v) is 12.5. The van der Waals surface area contributed by atoms with Gasteiger partial charge in [-0.15, -0.1) is 0 Å². The van der Waals surface area contributed by atoms with Crippen molar-refractivity contribution in [2.24, 2.45) is 11.8 Å². The molecule has 1 aliphatic rings. The van der Waals surface area contributed by atoms with Gasteiger partial charge in [-0.3, -0.25) is 0 Å². The van der Waals surface area contributed by atoms with E-state index in [0.717, 1.165) is 19.3 Å². The Morgan fingerprint density at radius 1 is 1.35 bits per heavy atom. The highest BCUT2D eigenvalue weighted by atomic mass is 32.2. The summed E-state index contributed by atoms with van der Waals surface area (Å²) in [6.07, 6.45) is 3.00. The van der Waals surface area contributed by atoms with Crippen LogP contribution in [0.25, 0.3) is 0 Å². The number of sulfonamides is 1. The first-order valence-corrected chi connectivity index (χ1v) is 8.39. The van der Waals surface area contributed by atoms with E-state index in [1.54, 1.807) is 19.1 Å². The number of hydrogen-bond donors (Lipinski definition) is 3. The molecule has 6 heteroatoms. The van der Waals surface area contributed by atoms with Gasteiger partial charge in [-0.05, 0) is 55.4 Å². The molecule has 0 aliphatic heterocycles. The number of nitrogen functional groups attached to an aromatic ring is 1. The lowest BCUT2D eigenvalue weighted by atomic mass is 9.97. The molecule has 2 atom stereocenters. The molecule has 5 nitrogen and oxygen atoms in total. The fraction of sp³-hybridized carbons (Fsp3) is 0.571. The van der Waals surface area contributed by atoms with Gasteiger partial charge in [-0.2, -0.15) is 0 Å². The van der Waals surface area contributed by atoms with Crippen molar-refractivity contribution in [1.29, 1.82) is 0 Å². The highest BCUT2D eigenvalue weighted by molar-refractivity contribution is 7.89. The van der Waals surface area contributed by atoms with Gasteiger partial charge >= 0.3 is 0 Å². The summed E-state index contributed by atoms with van der Waals surface area (Å²) in [7, 11) is -3.51. The number of aryl methyl sites for hydroxylation is 1. The van der Waals surface area contributed by atoms with Crippen LogP contribution in [0, 0.1) is 18.8 Å². The molecule has 1 saturated carbocycles. The maximum atomic E-state index is 12.3. The van der Waals surface area contributed by atoms with E-state index in [-0.39, 0.29) is 23.3 Å². The smallest absolute Gasteiger partial charge is 0.240 e. The fourth-order valence-electron chi connectivity index (χ4n) is 2.89. The summed E-state index contributed by atoms with van der Waals surface area (Å²) in [5.74, 6) is 0.439. The van der Waals surface area contributed by atoms with Gasteiger partial charge < -0.3 is 10.8 Å². The molecule has 0 radical (unpaired) electrons. The number of nitrogens with two attached hydrogens (primary N) is 1. The second-order valence-corrected chi connectivity index (χ2v) is 7.25. The summed E-state index contributed by atoms with van der Waals surface area (Å²) < 4.78 is 27.3. The second-order valence-electron chi connectivity index (χ2n) is 5.51. The minimum absolute atomic E-state index is 0.132. The highest BCUT2D eigenvalue weighted by Gasteiger charge is 2.28. The fourth-order valence-corrected chi connectivity index (χ4v) is 4.21. The van der Waals surface area contributed by atoms with Crippen molar-refractivity contribution in [3.05, 3.63) is 23.8 Å². The summed E-state index contributed by atoms with van der Waals surface area (Å²) in [6.45, 7) is 2.25. The van der Waals surface area contributed by atoms with Crippen LogP contribution in [-0.2, 0) is 10.0 Å². The molecule has 1 aromatic carbocycles. The number of aliphatic hydroxyl groups is 1. The van der Waals surface area contributed by atoms with Crippen molar-refractivity contribution in [2.45, 2.75) is 31.1 Å². The molecule has 20 heavy (non-hydrogen) atoms. The van der Waals surface area contributed by atoms with Gasteiger partial charge in [0.1, 0.15) is 0 Å². The Labute approximate surface area is 120 Å². The third kappa shape index (κ3) is 3.31. The molecular weight excluding hydrogens is 276 g/mol. The Morgan fingerprint density at radius 2 is 2.05 bits per heavy atom. The predicted molar refractivity (Wildman–Crippen MR) is 78.7 cm³/mol. The van der Waals surface area contributed by atoms with Crippen LogP contribution in [0.4, 0.5) is 5.69 Å². The summed E-state index contributed by atoms with van der Waals surface area (Å²) in [4.78, 5) is 0.269. The van der Waals surface area contributed by atoms with Gasteiger partial charge in [0.2, 0.25) is 10.0 Å². The van der Waals surface area contributed by atoms with Crippen LogP contribution in [0.2, 0.25) is 0 Å². The first kappa shape index (κ1) is 15.3. The average Bonchev–Trinajstić information content (AvgIpc) is 2.83. The lowest BCUT2D eigenvalue weighted by Crippen LogP contribution is -2.32. The minimum Gasteiger partial charge on any atom is -0.399 e. The lowest BCUT2D eigenvalue weighted by Gasteiger charge is -2.18. The summed E-state index contributed by atoms with van der Waals surface area (Å²) in [5, 5.41) is 9.27. The van der Waals surface area contributed by atoms with Crippen LogP contribution in [0.1, 0.15) is 24.8 Å². The van der Waals surface area contributed by atoms with Crippen molar-refractivity contribution in [3.63, 3.8) is 0 Å². The molecule has 0 spiro atoms. The van der Waals surface area contributed by atoms with Crippen molar-refractivity contribution in [3.8, 4) is 0 Å². The van der Waals surface area contributed by atoms with Crippen molar-refractivity contribution in [2.75, 3.05) is 18.9 Å². The van der Waals surface area contributed by atoms with E-state index < -0.39 is 10.0 Å². The Balaban J connectivity index is 2.07. The monoisotopic (exact) mass is 298 g/mol. The Morgan fingerprint density at radius 3 is 2.70 bits per heavy atom. The normalized spacial score (nSPS) is 23.1. The predicted octanol–water partition coefficient (Wildman–Crippen LogP) is 1.26. The number of aliphatic hydroxyl groups excluding tert-OH is 1. The minimum atomic E-state index is -3.51. The van der Waals surface area contributed by atoms with Gasteiger partial charge in [0.25, 0.3) is 0 Å². The van der Waals surface area contributed by atoms with Gasteiger partial charge in [0.15, 0.2) is 0 Å². The molecule has 2 unspecified atom stereocenters. The number of hydrogen-bond acceptors (Lipinski definition) is 4. The van der Waals surface area contributed by atoms with Gasteiger partial charge in [0, 0.05) is 18.8 Å². The van der Waals surface area contributed by atoms with E-state index in [9.17, 15) is 13.5 Å². The molecule has 0 heterocycles. The van der Waals surface area contributed by atoms with E-state index in [2.05, 4.69) is 4.72 Å². The lowest BCUT2D eigenvalue weighted by molar-refractivity contribution is 0.195. The number of benzene rings is 1. The summed E-state index contributed by atoms with van der Waals surface area (Å²) >= 11 is 0. The number of rotatable bonds is 5.